The van der Waals surface area contributed by atoms with Crippen LogP contribution in [0.5, 0.6) is 0 Å². The number of alkyl halides is 1. The molecule has 0 bridgehead atoms. The average molecular weight is 132 g/mol. The van der Waals surface area contributed by atoms with E-state index in [0.29, 0.717) is 19.1 Å². The zero-order valence-electron chi connectivity index (χ0n) is 5.93. The SMILES string of the molecule is CC(C)C1COC[C@@H]1F. The summed E-state index contributed by atoms with van der Waals surface area (Å²) in [4.78, 5) is 0. The Bertz CT molecular complexity index is 92.9. The highest BCUT2D eigenvalue weighted by atomic mass is 19.1. The monoisotopic (exact) mass is 132 g/mol. The standard InChI is InChI=1S/C7H13FO/c1-5(2)6-3-9-4-7(6)8/h5-7H,3-4H2,1-2H3/t6?,7-/m0/s1. The van der Waals surface area contributed by atoms with Crippen LogP contribution < -0.4 is 0 Å². The Balaban J connectivity index is 2.40. The zero-order valence-corrected chi connectivity index (χ0v) is 5.93. The van der Waals surface area contributed by atoms with Gasteiger partial charge in [-0.15, -0.1) is 0 Å². The molecule has 9 heavy (non-hydrogen) atoms. The van der Waals surface area contributed by atoms with Crippen LogP contribution in [0.2, 0.25) is 0 Å². The number of ether oxygens (including phenoxy) is 1. The van der Waals surface area contributed by atoms with Crippen LogP contribution in [0.25, 0.3) is 0 Å². The van der Waals surface area contributed by atoms with Crippen LogP contribution in [0.1, 0.15) is 13.8 Å². The molecule has 0 aliphatic carbocycles. The van der Waals surface area contributed by atoms with Gasteiger partial charge in [-0.3, -0.25) is 0 Å². The van der Waals surface area contributed by atoms with E-state index < -0.39 is 6.17 Å². The molecule has 2 atom stereocenters. The molecule has 0 radical (unpaired) electrons. The highest BCUT2D eigenvalue weighted by Gasteiger charge is 2.29. The lowest BCUT2D eigenvalue weighted by Gasteiger charge is -2.13. The molecular formula is C7H13FO. The summed E-state index contributed by atoms with van der Waals surface area (Å²) in [6.45, 7) is 4.99. The van der Waals surface area contributed by atoms with Gasteiger partial charge in [0.05, 0.1) is 13.2 Å². The fraction of sp³-hybridized carbons (Fsp3) is 1.00. The smallest absolute Gasteiger partial charge is 0.129 e. The molecule has 1 fully saturated rings. The normalized spacial score (nSPS) is 36.0. The minimum Gasteiger partial charge on any atom is -0.378 e. The third kappa shape index (κ3) is 1.42. The first-order chi connectivity index (χ1) is 4.22. The quantitative estimate of drug-likeness (QED) is 0.527. The Labute approximate surface area is 55.2 Å². The molecule has 0 aromatic heterocycles. The summed E-state index contributed by atoms with van der Waals surface area (Å²) in [5.41, 5.74) is 0. The van der Waals surface area contributed by atoms with Crippen molar-refractivity contribution in [3.05, 3.63) is 0 Å². The van der Waals surface area contributed by atoms with Gasteiger partial charge in [-0.1, -0.05) is 13.8 Å². The molecule has 0 amide bonds. The predicted molar refractivity (Wildman–Crippen MR) is 34.0 cm³/mol. The van der Waals surface area contributed by atoms with Crippen LogP contribution in [-0.4, -0.2) is 19.4 Å². The van der Waals surface area contributed by atoms with Crippen molar-refractivity contribution in [2.24, 2.45) is 11.8 Å². The van der Waals surface area contributed by atoms with E-state index in [0.717, 1.165) is 0 Å². The molecule has 1 heterocycles. The largest absolute Gasteiger partial charge is 0.378 e. The number of hydrogen-bond donors (Lipinski definition) is 0. The molecule has 1 unspecified atom stereocenters. The van der Waals surface area contributed by atoms with Gasteiger partial charge >= 0.3 is 0 Å². The van der Waals surface area contributed by atoms with Gasteiger partial charge in [0.1, 0.15) is 6.17 Å². The molecule has 1 aliphatic heterocycles. The Hall–Kier alpha value is -0.110. The van der Waals surface area contributed by atoms with Gasteiger partial charge in [0.15, 0.2) is 0 Å². The lowest BCUT2D eigenvalue weighted by molar-refractivity contribution is 0.170. The predicted octanol–water partition coefficient (Wildman–Crippen LogP) is 1.63. The topological polar surface area (TPSA) is 9.23 Å². The summed E-state index contributed by atoms with van der Waals surface area (Å²) in [5, 5.41) is 0. The molecular weight excluding hydrogens is 119 g/mol. The van der Waals surface area contributed by atoms with E-state index in [2.05, 4.69) is 0 Å². The van der Waals surface area contributed by atoms with E-state index in [1.165, 1.54) is 0 Å². The lowest BCUT2D eigenvalue weighted by atomic mass is 9.94. The van der Waals surface area contributed by atoms with Crippen molar-refractivity contribution >= 4 is 0 Å². The fourth-order valence-electron chi connectivity index (χ4n) is 1.15. The van der Waals surface area contributed by atoms with Crippen molar-refractivity contribution in [1.82, 2.24) is 0 Å². The van der Waals surface area contributed by atoms with Crippen molar-refractivity contribution in [2.75, 3.05) is 13.2 Å². The van der Waals surface area contributed by atoms with Crippen molar-refractivity contribution < 1.29 is 9.13 Å². The van der Waals surface area contributed by atoms with E-state index in [1.807, 2.05) is 13.8 Å². The molecule has 0 saturated carbocycles. The van der Waals surface area contributed by atoms with Crippen molar-refractivity contribution in [3.8, 4) is 0 Å². The first kappa shape index (κ1) is 7.00. The second kappa shape index (κ2) is 2.65. The second-order valence-electron chi connectivity index (χ2n) is 2.96. The summed E-state index contributed by atoms with van der Waals surface area (Å²) in [6, 6.07) is 0. The molecule has 0 aromatic carbocycles. The maximum atomic E-state index is 12.7. The Morgan fingerprint density at radius 1 is 1.44 bits per heavy atom. The molecule has 1 nitrogen and oxygen atoms in total. The molecule has 0 aromatic rings. The van der Waals surface area contributed by atoms with Crippen LogP contribution in [0.3, 0.4) is 0 Å². The van der Waals surface area contributed by atoms with Gasteiger partial charge in [-0.25, -0.2) is 4.39 Å². The van der Waals surface area contributed by atoms with Gasteiger partial charge in [0, 0.05) is 5.92 Å². The van der Waals surface area contributed by atoms with Gasteiger partial charge in [-0.2, -0.15) is 0 Å². The van der Waals surface area contributed by atoms with Crippen molar-refractivity contribution in [2.45, 2.75) is 20.0 Å². The summed E-state index contributed by atoms with van der Waals surface area (Å²) in [6.07, 6.45) is -0.718. The average Bonchev–Trinajstić information content (AvgIpc) is 2.13. The molecule has 2 heteroatoms. The third-order valence-corrected chi connectivity index (χ3v) is 1.91. The number of hydrogen-bond acceptors (Lipinski definition) is 1. The summed E-state index contributed by atoms with van der Waals surface area (Å²) in [5.74, 6) is 0.562. The molecule has 1 aliphatic rings. The molecule has 1 rings (SSSR count). The maximum absolute atomic E-state index is 12.7. The number of rotatable bonds is 1. The van der Waals surface area contributed by atoms with Crippen LogP contribution in [-0.2, 0) is 4.74 Å². The van der Waals surface area contributed by atoms with E-state index in [4.69, 9.17) is 4.74 Å². The zero-order chi connectivity index (χ0) is 6.85. The molecule has 0 spiro atoms. The minimum absolute atomic E-state index is 0.144. The van der Waals surface area contributed by atoms with Crippen molar-refractivity contribution in [1.29, 1.82) is 0 Å². The molecule has 54 valence electrons. The van der Waals surface area contributed by atoms with E-state index in [1.54, 1.807) is 0 Å². The maximum Gasteiger partial charge on any atom is 0.129 e. The van der Waals surface area contributed by atoms with Gasteiger partial charge in [-0.05, 0) is 5.92 Å². The summed E-state index contributed by atoms with van der Waals surface area (Å²) >= 11 is 0. The highest BCUT2D eigenvalue weighted by molar-refractivity contribution is 4.76. The van der Waals surface area contributed by atoms with Gasteiger partial charge in [0.25, 0.3) is 0 Å². The Morgan fingerprint density at radius 2 is 2.11 bits per heavy atom. The summed E-state index contributed by atoms with van der Waals surface area (Å²) < 4.78 is 17.7. The second-order valence-corrected chi connectivity index (χ2v) is 2.96. The summed E-state index contributed by atoms with van der Waals surface area (Å²) in [7, 11) is 0. The molecule has 0 N–H and O–H groups in total. The van der Waals surface area contributed by atoms with Crippen LogP contribution >= 0.6 is 0 Å². The minimum atomic E-state index is -0.718. The van der Waals surface area contributed by atoms with Crippen molar-refractivity contribution in [3.63, 3.8) is 0 Å². The Morgan fingerprint density at radius 3 is 2.33 bits per heavy atom. The first-order valence-electron chi connectivity index (χ1n) is 3.43. The Kier molecular flexibility index (Phi) is 2.06. The van der Waals surface area contributed by atoms with Crippen LogP contribution in [0.4, 0.5) is 4.39 Å². The van der Waals surface area contributed by atoms with E-state index in [-0.39, 0.29) is 5.92 Å². The van der Waals surface area contributed by atoms with Gasteiger partial charge in [0.2, 0.25) is 0 Å². The number of halogens is 1. The van der Waals surface area contributed by atoms with E-state index in [9.17, 15) is 4.39 Å². The lowest BCUT2D eigenvalue weighted by Crippen LogP contribution is -2.18. The highest BCUT2D eigenvalue weighted by Crippen LogP contribution is 2.23. The van der Waals surface area contributed by atoms with Crippen LogP contribution in [0.15, 0.2) is 0 Å². The van der Waals surface area contributed by atoms with Crippen LogP contribution in [0, 0.1) is 11.8 Å². The third-order valence-electron chi connectivity index (χ3n) is 1.91. The van der Waals surface area contributed by atoms with Gasteiger partial charge < -0.3 is 4.74 Å². The molecule has 1 saturated heterocycles. The fourth-order valence-corrected chi connectivity index (χ4v) is 1.15. The first-order valence-corrected chi connectivity index (χ1v) is 3.43. The van der Waals surface area contributed by atoms with E-state index >= 15 is 0 Å².